The number of piperidine rings is 1. The van der Waals surface area contributed by atoms with Crippen LogP contribution >= 0.6 is 0 Å². The first-order valence-corrected chi connectivity index (χ1v) is 6.66. The highest BCUT2D eigenvalue weighted by Gasteiger charge is 2.18. The second-order valence-corrected chi connectivity index (χ2v) is 5.05. The lowest BCUT2D eigenvalue weighted by Gasteiger charge is -2.29. The normalized spacial score (nSPS) is 16.9. The summed E-state index contributed by atoms with van der Waals surface area (Å²) in [6, 6.07) is 6.47. The van der Waals surface area contributed by atoms with E-state index in [1.165, 1.54) is 12.1 Å². The molecule has 2 rings (SSSR count). The molecule has 0 aromatic heterocycles. The van der Waals surface area contributed by atoms with Crippen molar-refractivity contribution in [2.24, 2.45) is 5.73 Å². The molecule has 0 atom stereocenters. The fraction of sp³-hybridized carbons (Fsp3) is 0.429. The Kier molecular flexibility index (Phi) is 4.70. The van der Waals surface area contributed by atoms with E-state index in [2.05, 4.69) is 10.2 Å². The van der Waals surface area contributed by atoms with Crippen LogP contribution in [0.15, 0.2) is 24.3 Å². The third-order valence-electron chi connectivity index (χ3n) is 3.39. The van der Waals surface area contributed by atoms with E-state index in [1.54, 1.807) is 12.1 Å². The quantitative estimate of drug-likeness (QED) is 0.754. The predicted octanol–water partition coefficient (Wildman–Crippen LogP) is 0.746. The van der Waals surface area contributed by atoms with Gasteiger partial charge in [0.2, 0.25) is 5.91 Å². The van der Waals surface area contributed by atoms with Crippen LogP contribution in [-0.4, -0.2) is 47.6 Å². The lowest BCUT2D eigenvalue weighted by molar-refractivity contribution is -0.117. The maximum Gasteiger partial charge on any atom is 0.335 e. The SMILES string of the molecule is NC1CCN(CC(=O)Nc2cccc(C(=O)O)c2)CC1. The van der Waals surface area contributed by atoms with Crippen LogP contribution in [0.25, 0.3) is 0 Å². The highest BCUT2D eigenvalue weighted by atomic mass is 16.4. The molecule has 20 heavy (non-hydrogen) atoms. The maximum absolute atomic E-state index is 11.9. The Morgan fingerprint density at radius 1 is 1.35 bits per heavy atom. The molecule has 1 aromatic carbocycles. The Morgan fingerprint density at radius 3 is 2.70 bits per heavy atom. The zero-order valence-electron chi connectivity index (χ0n) is 11.2. The number of carboxylic acids is 1. The van der Waals surface area contributed by atoms with Crippen LogP contribution in [0.5, 0.6) is 0 Å². The molecule has 4 N–H and O–H groups in total. The molecule has 0 bridgehead atoms. The number of benzene rings is 1. The van der Waals surface area contributed by atoms with Crippen molar-refractivity contribution in [3.63, 3.8) is 0 Å². The zero-order chi connectivity index (χ0) is 14.5. The molecule has 0 aliphatic carbocycles. The van der Waals surface area contributed by atoms with Gasteiger partial charge in [-0.05, 0) is 31.0 Å². The van der Waals surface area contributed by atoms with E-state index in [0.717, 1.165) is 25.9 Å². The van der Waals surface area contributed by atoms with E-state index >= 15 is 0 Å². The summed E-state index contributed by atoms with van der Waals surface area (Å²) in [5, 5.41) is 11.6. The number of carboxylic acid groups (broad SMARTS) is 1. The number of likely N-dealkylation sites (tertiary alicyclic amines) is 1. The Bertz CT molecular complexity index is 496. The highest BCUT2D eigenvalue weighted by molar-refractivity contribution is 5.94. The van der Waals surface area contributed by atoms with Gasteiger partial charge in [-0.1, -0.05) is 6.07 Å². The topological polar surface area (TPSA) is 95.7 Å². The van der Waals surface area contributed by atoms with Crippen molar-refractivity contribution in [3.05, 3.63) is 29.8 Å². The molecule has 6 nitrogen and oxygen atoms in total. The molecule has 1 aliphatic rings. The number of nitrogens with two attached hydrogens (primary N) is 1. The molecule has 108 valence electrons. The summed E-state index contributed by atoms with van der Waals surface area (Å²) < 4.78 is 0. The average molecular weight is 277 g/mol. The number of anilines is 1. The van der Waals surface area contributed by atoms with Crippen LogP contribution in [0, 0.1) is 0 Å². The molecule has 1 amide bonds. The number of rotatable bonds is 4. The number of nitrogens with one attached hydrogen (secondary N) is 1. The van der Waals surface area contributed by atoms with Crippen LogP contribution in [0.3, 0.4) is 0 Å². The summed E-state index contributed by atoms with van der Waals surface area (Å²) in [5.41, 5.74) is 6.48. The van der Waals surface area contributed by atoms with Crippen molar-refractivity contribution in [1.82, 2.24) is 4.90 Å². The average Bonchev–Trinajstić information content (AvgIpc) is 2.41. The van der Waals surface area contributed by atoms with E-state index < -0.39 is 5.97 Å². The first-order chi connectivity index (χ1) is 9.54. The molecule has 6 heteroatoms. The minimum absolute atomic E-state index is 0.136. The summed E-state index contributed by atoms with van der Waals surface area (Å²) in [7, 11) is 0. The van der Waals surface area contributed by atoms with Gasteiger partial charge in [0.05, 0.1) is 12.1 Å². The molecule has 1 heterocycles. The first kappa shape index (κ1) is 14.5. The van der Waals surface area contributed by atoms with E-state index in [-0.39, 0.29) is 17.5 Å². The standard InChI is InChI=1S/C14H19N3O3/c15-11-4-6-17(7-5-11)9-13(18)16-12-3-1-2-10(8-12)14(19)20/h1-3,8,11H,4-7,9,15H2,(H,16,18)(H,19,20). The van der Waals surface area contributed by atoms with Gasteiger partial charge in [0.15, 0.2) is 0 Å². The van der Waals surface area contributed by atoms with Crippen LogP contribution in [-0.2, 0) is 4.79 Å². The second kappa shape index (κ2) is 6.49. The Hall–Kier alpha value is -1.92. The Labute approximate surface area is 117 Å². The molecule has 0 radical (unpaired) electrons. The van der Waals surface area contributed by atoms with Crippen molar-refractivity contribution in [1.29, 1.82) is 0 Å². The number of nitrogens with zero attached hydrogens (tertiary/aromatic N) is 1. The lowest BCUT2D eigenvalue weighted by Crippen LogP contribution is -2.43. The van der Waals surface area contributed by atoms with Gasteiger partial charge in [0.25, 0.3) is 0 Å². The second-order valence-electron chi connectivity index (χ2n) is 5.05. The third kappa shape index (κ3) is 4.04. The van der Waals surface area contributed by atoms with Crippen LogP contribution in [0.2, 0.25) is 0 Å². The summed E-state index contributed by atoms with van der Waals surface area (Å²) in [4.78, 5) is 24.8. The summed E-state index contributed by atoms with van der Waals surface area (Å²) in [6.07, 6.45) is 1.81. The smallest absolute Gasteiger partial charge is 0.335 e. The number of carbonyl (C=O) groups is 2. The van der Waals surface area contributed by atoms with Crippen molar-refractivity contribution >= 4 is 17.6 Å². The maximum atomic E-state index is 11.9. The van der Waals surface area contributed by atoms with Gasteiger partial charge in [-0.25, -0.2) is 4.79 Å². The Morgan fingerprint density at radius 2 is 2.05 bits per heavy atom. The van der Waals surface area contributed by atoms with Crippen LogP contribution in [0.1, 0.15) is 23.2 Å². The molecule has 0 spiro atoms. The minimum atomic E-state index is -1.01. The molecular formula is C14H19N3O3. The van der Waals surface area contributed by atoms with Gasteiger partial charge in [-0.3, -0.25) is 9.69 Å². The van der Waals surface area contributed by atoms with Gasteiger partial charge < -0.3 is 16.2 Å². The lowest BCUT2D eigenvalue weighted by atomic mass is 10.1. The van der Waals surface area contributed by atoms with Crippen molar-refractivity contribution in [3.8, 4) is 0 Å². The monoisotopic (exact) mass is 277 g/mol. The van der Waals surface area contributed by atoms with Crippen LogP contribution < -0.4 is 11.1 Å². The summed E-state index contributed by atoms with van der Waals surface area (Å²) in [6.45, 7) is 1.96. The van der Waals surface area contributed by atoms with Gasteiger partial charge >= 0.3 is 5.97 Å². The van der Waals surface area contributed by atoms with E-state index in [9.17, 15) is 9.59 Å². The first-order valence-electron chi connectivity index (χ1n) is 6.66. The molecule has 1 fully saturated rings. The number of hydrogen-bond acceptors (Lipinski definition) is 4. The van der Waals surface area contributed by atoms with E-state index in [4.69, 9.17) is 10.8 Å². The van der Waals surface area contributed by atoms with Gasteiger partial charge in [0.1, 0.15) is 0 Å². The fourth-order valence-corrected chi connectivity index (χ4v) is 2.24. The molecular weight excluding hydrogens is 258 g/mol. The molecule has 1 aliphatic heterocycles. The van der Waals surface area contributed by atoms with Crippen molar-refractivity contribution < 1.29 is 14.7 Å². The van der Waals surface area contributed by atoms with Gasteiger partial charge in [-0.2, -0.15) is 0 Å². The van der Waals surface area contributed by atoms with Crippen molar-refractivity contribution in [2.75, 3.05) is 25.0 Å². The van der Waals surface area contributed by atoms with Gasteiger partial charge in [0, 0.05) is 24.8 Å². The summed E-state index contributed by atoms with van der Waals surface area (Å²) >= 11 is 0. The van der Waals surface area contributed by atoms with E-state index in [1.807, 2.05) is 0 Å². The van der Waals surface area contributed by atoms with Gasteiger partial charge in [-0.15, -0.1) is 0 Å². The highest BCUT2D eigenvalue weighted by Crippen LogP contribution is 2.12. The molecule has 0 saturated carbocycles. The number of hydrogen-bond donors (Lipinski definition) is 3. The predicted molar refractivity (Wildman–Crippen MR) is 75.7 cm³/mol. The fourth-order valence-electron chi connectivity index (χ4n) is 2.24. The molecule has 1 aromatic rings. The number of carbonyl (C=O) groups excluding carboxylic acids is 1. The summed E-state index contributed by atoms with van der Waals surface area (Å²) in [5.74, 6) is -1.14. The zero-order valence-corrected chi connectivity index (χ0v) is 11.2. The van der Waals surface area contributed by atoms with Crippen molar-refractivity contribution in [2.45, 2.75) is 18.9 Å². The largest absolute Gasteiger partial charge is 0.478 e. The Balaban J connectivity index is 1.88. The molecule has 0 unspecified atom stereocenters. The molecule has 1 saturated heterocycles. The number of aromatic carboxylic acids is 1. The van der Waals surface area contributed by atoms with Crippen LogP contribution in [0.4, 0.5) is 5.69 Å². The minimum Gasteiger partial charge on any atom is -0.478 e. The number of amides is 1. The third-order valence-corrected chi connectivity index (χ3v) is 3.39. The van der Waals surface area contributed by atoms with E-state index in [0.29, 0.717) is 12.2 Å².